The van der Waals surface area contributed by atoms with Gasteiger partial charge in [0.05, 0.1) is 23.1 Å². The Kier molecular flexibility index (Phi) is 6.47. The predicted molar refractivity (Wildman–Crippen MR) is 105 cm³/mol. The molecule has 0 spiro atoms. The number of halogens is 1. The summed E-state index contributed by atoms with van der Waals surface area (Å²) in [7, 11) is 0. The minimum Gasteiger partial charge on any atom is -0.444 e. The van der Waals surface area contributed by atoms with Crippen molar-refractivity contribution in [3.8, 4) is 0 Å². The van der Waals surface area contributed by atoms with Crippen LogP contribution in [0.3, 0.4) is 0 Å². The van der Waals surface area contributed by atoms with Gasteiger partial charge in [-0.25, -0.2) is 9.78 Å². The van der Waals surface area contributed by atoms with Crippen molar-refractivity contribution in [2.75, 3.05) is 24.6 Å². The van der Waals surface area contributed by atoms with Crippen molar-refractivity contribution in [2.24, 2.45) is 0 Å². The molecule has 7 nitrogen and oxygen atoms in total. The number of nitrogens with zero attached hydrogens (tertiary/aromatic N) is 3. The van der Waals surface area contributed by atoms with E-state index in [4.69, 9.17) is 27.8 Å². The number of hydrogen-bond acceptors (Lipinski definition) is 6. The first-order valence-electron chi connectivity index (χ1n) is 8.61. The second kappa shape index (κ2) is 8.40. The minimum atomic E-state index is -0.367. The zero-order chi connectivity index (χ0) is 19.3. The van der Waals surface area contributed by atoms with Gasteiger partial charge in [0.25, 0.3) is 0 Å². The standard InChI is InChI=1S/C10H19NO2.C8H7ClN4/c1-10(2,3)13-9(12)11-7-5-4-6-8-11;9-6-2-1-5-8(13-6)7(11)4(10)3-12-5/h4-8H2,1-3H3;1-3H,10H2,(H2,11,12). The molecule has 8 heteroatoms. The molecule has 142 valence electrons. The van der Waals surface area contributed by atoms with Gasteiger partial charge >= 0.3 is 6.09 Å². The Morgan fingerprint density at radius 3 is 2.46 bits per heavy atom. The van der Waals surface area contributed by atoms with E-state index in [-0.39, 0.29) is 11.7 Å². The normalized spacial score (nSPS) is 14.5. The third-order valence-corrected chi connectivity index (χ3v) is 3.97. The third kappa shape index (κ3) is 5.62. The number of fused-ring (bicyclic) bond motifs is 1. The monoisotopic (exact) mass is 379 g/mol. The maximum absolute atomic E-state index is 11.5. The number of nitrogen functional groups attached to an aromatic ring is 2. The van der Waals surface area contributed by atoms with E-state index in [1.165, 1.54) is 12.6 Å². The van der Waals surface area contributed by atoms with E-state index in [1.807, 2.05) is 20.8 Å². The number of anilines is 2. The molecule has 0 unspecified atom stereocenters. The van der Waals surface area contributed by atoms with Crippen molar-refractivity contribution in [3.05, 3.63) is 23.5 Å². The van der Waals surface area contributed by atoms with Gasteiger partial charge in [-0.15, -0.1) is 0 Å². The summed E-state index contributed by atoms with van der Waals surface area (Å²) < 4.78 is 5.26. The summed E-state index contributed by atoms with van der Waals surface area (Å²) in [4.78, 5) is 21.4. The molecule has 3 rings (SSSR count). The summed E-state index contributed by atoms with van der Waals surface area (Å²) in [5.41, 5.74) is 13.0. The zero-order valence-electron chi connectivity index (χ0n) is 15.5. The molecule has 0 saturated carbocycles. The SMILES string of the molecule is CC(C)(C)OC(=O)N1CCCCC1.Nc1cnc2ccc(Cl)nc2c1N. The summed E-state index contributed by atoms with van der Waals surface area (Å²) >= 11 is 5.71. The van der Waals surface area contributed by atoms with E-state index in [9.17, 15) is 4.79 Å². The van der Waals surface area contributed by atoms with Crippen LogP contribution in [0.5, 0.6) is 0 Å². The molecule has 0 aliphatic carbocycles. The van der Waals surface area contributed by atoms with Crippen LogP contribution >= 0.6 is 11.6 Å². The Hall–Kier alpha value is -2.28. The molecule has 2 aromatic heterocycles. The van der Waals surface area contributed by atoms with E-state index in [0.29, 0.717) is 27.6 Å². The Labute approximate surface area is 158 Å². The first-order valence-corrected chi connectivity index (χ1v) is 8.99. The molecule has 0 radical (unpaired) electrons. The van der Waals surface area contributed by atoms with Crippen molar-refractivity contribution in [1.82, 2.24) is 14.9 Å². The van der Waals surface area contributed by atoms with Crippen molar-refractivity contribution in [2.45, 2.75) is 45.6 Å². The van der Waals surface area contributed by atoms with Gasteiger partial charge in [0.15, 0.2) is 0 Å². The molecule has 0 bridgehead atoms. The lowest BCUT2D eigenvalue weighted by atomic mass is 10.1. The van der Waals surface area contributed by atoms with Crippen LogP contribution in [0.2, 0.25) is 5.15 Å². The van der Waals surface area contributed by atoms with Crippen molar-refractivity contribution < 1.29 is 9.53 Å². The molecule has 26 heavy (non-hydrogen) atoms. The van der Waals surface area contributed by atoms with Gasteiger partial charge in [0.1, 0.15) is 16.3 Å². The number of likely N-dealkylation sites (tertiary alicyclic amines) is 1. The van der Waals surface area contributed by atoms with Crippen LogP contribution in [-0.4, -0.2) is 39.7 Å². The molecular formula is C18H26ClN5O2. The lowest BCUT2D eigenvalue weighted by Crippen LogP contribution is -2.39. The van der Waals surface area contributed by atoms with Gasteiger partial charge in [0, 0.05) is 13.1 Å². The highest BCUT2D eigenvalue weighted by molar-refractivity contribution is 6.29. The van der Waals surface area contributed by atoms with E-state index in [1.54, 1.807) is 17.0 Å². The number of amides is 1. The average Bonchev–Trinajstić information content (AvgIpc) is 2.58. The fourth-order valence-electron chi connectivity index (χ4n) is 2.48. The van der Waals surface area contributed by atoms with Crippen LogP contribution in [0.25, 0.3) is 11.0 Å². The van der Waals surface area contributed by atoms with Crippen LogP contribution in [0.4, 0.5) is 16.2 Å². The molecule has 4 N–H and O–H groups in total. The van der Waals surface area contributed by atoms with Crippen molar-refractivity contribution in [1.29, 1.82) is 0 Å². The molecule has 1 aliphatic heterocycles. The molecule has 3 heterocycles. The van der Waals surface area contributed by atoms with Crippen LogP contribution < -0.4 is 11.5 Å². The van der Waals surface area contributed by atoms with Crippen LogP contribution in [0.15, 0.2) is 18.3 Å². The van der Waals surface area contributed by atoms with Gasteiger partial charge in [-0.3, -0.25) is 4.98 Å². The van der Waals surface area contributed by atoms with E-state index in [0.717, 1.165) is 25.9 Å². The van der Waals surface area contributed by atoms with Crippen molar-refractivity contribution >= 4 is 40.1 Å². The summed E-state index contributed by atoms with van der Waals surface area (Å²) in [6.07, 6.45) is 4.80. The van der Waals surface area contributed by atoms with Crippen LogP contribution in [0, 0.1) is 0 Å². The van der Waals surface area contributed by atoms with Crippen LogP contribution in [0.1, 0.15) is 40.0 Å². The maximum Gasteiger partial charge on any atom is 0.410 e. The number of ether oxygens (including phenoxy) is 1. The smallest absolute Gasteiger partial charge is 0.410 e. The fourth-order valence-corrected chi connectivity index (χ4v) is 2.63. The lowest BCUT2D eigenvalue weighted by Gasteiger charge is -2.29. The highest BCUT2D eigenvalue weighted by atomic mass is 35.5. The summed E-state index contributed by atoms with van der Waals surface area (Å²) in [6.45, 7) is 7.41. The van der Waals surface area contributed by atoms with E-state index < -0.39 is 0 Å². The van der Waals surface area contributed by atoms with Crippen LogP contribution in [-0.2, 0) is 4.74 Å². The third-order valence-electron chi connectivity index (χ3n) is 3.76. The molecule has 0 atom stereocenters. The van der Waals surface area contributed by atoms with Gasteiger partial charge in [-0.2, -0.15) is 0 Å². The first kappa shape index (κ1) is 20.0. The van der Waals surface area contributed by atoms with Crippen molar-refractivity contribution in [3.63, 3.8) is 0 Å². The number of hydrogen-bond donors (Lipinski definition) is 2. The van der Waals surface area contributed by atoms with Gasteiger partial charge in [0.2, 0.25) is 0 Å². The fraction of sp³-hybridized carbons (Fsp3) is 0.500. The second-order valence-corrected chi connectivity index (χ2v) is 7.54. The number of carbonyl (C=O) groups is 1. The highest BCUT2D eigenvalue weighted by Crippen LogP contribution is 2.23. The molecule has 1 amide bonds. The summed E-state index contributed by atoms with van der Waals surface area (Å²) in [5, 5.41) is 0.381. The topological polar surface area (TPSA) is 107 Å². The molecule has 1 saturated heterocycles. The molecule has 0 aromatic carbocycles. The Morgan fingerprint density at radius 1 is 1.19 bits per heavy atom. The number of nitrogens with two attached hydrogens (primary N) is 2. The maximum atomic E-state index is 11.5. The van der Waals surface area contributed by atoms with E-state index in [2.05, 4.69) is 9.97 Å². The number of pyridine rings is 2. The van der Waals surface area contributed by atoms with E-state index >= 15 is 0 Å². The summed E-state index contributed by atoms with van der Waals surface area (Å²) in [5.74, 6) is 0. The average molecular weight is 380 g/mol. The Morgan fingerprint density at radius 2 is 1.85 bits per heavy atom. The largest absolute Gasteiger partial charge is 0.444 e. The zero-order valence-corrected chi connectivity index (χ0v) is 16.2. The number of rotatable bonds is 0. The first-order chi connectivity index (χ1) is 12.2. The Balaban J connectivity index is 0.000000187. The molecule has 1 aliphatic rings. The number of carbonyl (C=O) groups excluding carboxylic acids is 1. The number of aromatic nitrogens is 2. The Bertz CT molecular complexity index is 765. The second-order valence-electron chi connectivity index (χ2n) is 7.16. The molecular weight excluding hydrogens is 354 g/mol. The minimum absolute atomic E-state index is 0.160. The predicted octanol–water partition coefficient (Wildman–Crippen LogP) is 3.86. The van der Waals surface area contributed by atoms with Gasteiger partial charge in [-0.05, 0) is 52.2 Å². The lowest BCUT2D eigenvalue weighted by molar-refractivity contribution is 0.0216. The van der Waals surface area contributed by atoms with Gasteiger partial charge in [-0.1, -0.05) is 11.6 Å². The van der Waals surface area contributed by atoms with Gasteiger partial charge < -0.3 is 21.1 Å². The quantitative estimate of drug-likeness (QED) is 0.673. The molecule has 2 aromatic rings. The number of piperidine rings is 1. The summed E-state index contributed by atoms with van der Waals surface area (Å²) in [6, 6.07) is 3.41. The highest BCUT2D eigenvalue weighted by Gasteiger charge is 2.22. The molecule has 1 fully saturated rings.